The van der Waals surface area contributed by atoms with Crippen molar-refractivity contribution in [3.05, 3.63) is 24.2 Å². The van der Waals surface area contributed by atoms with Crippen molar-refractivity contribution in [1.82, 2.24) is 10.0 Å². The van der Waals surface area contributed by atoms with Crippen LogP contribution in [-0.2, 0) is 0 Å². The zero-order valence-electron chi connectivity index (χ0n) is 6.08. The summed E-state index contributed by atoms with van der Waals surface area (Å²) in [5.74, 6) is 0.791. The normalized spacial score (nSPS) is 23.3. The largest absolute Gasteiger partial charge is 0.288 e. The predicted molar refractivity (Wildman–Crippen MR) is 39.0 cm³/mol. The quantitative estimate of drug-likeness (QED) is 0.373. The van der Waals surface area contributed by atoms with Gasteiger partial charge in [-0.25, -0.2) is 0 Å². The maximum atomic E-state index is 12.7. The average molecular weight is 152 g/mol. The molecule has 0 unspecified atom stereocenters. The maximum absolute atomic E-state index is 12.7. The summed E-state index contributed by atoms with van der Waals surface area (Å²) in [6, 6.07) is 0. The van der Waals surface area contributed by atoms with Gasteiger partial charge in [-0.3, -0.25) is 0 Å². The van der Waals surface area contributed by atoms with Crippen molar-refractivity contribution >= 4 is 5.84 Å². The first-order chi connectivity index (χ1) is 5.27. The Morgan fingerprint density at radius 1 is 1.82 bits per heavy atom. The first kappa shape index (κ1) is 6.54. The van der Waals surface area contributed by atoms with E-state index in [2.05, 4.69) is 11.2 Å². The Bertz CT molecular complexity index is 267. The molecule has 0 aliphatic carbocycles. The van der Waals surface area contributed by atoms with Gasteiger partial charge in [0.25, 0.3) is 5.84 Å². The molecule has 0 atom stereocenters. The summed E-state index contributed by atoms with van der Waals surface area (Å²) in [6.45, 7) is 2.03. The van der Waals surface area contributed by atoms with Gasteiger partial charge in [0, 0.05) is 6.20 Å². The average Bonchev–Trinajstić information content (AvgIpc) is 2.34. The minimum atomic E-state index is 0.211. The van der Waals surface area contributed by atoms with Gasteiger partial charge in [0.1, 0.15) is 0 Å². The molecule has 2 aliphatic heterocycles. The lowest BCUT2D eigenvalue weighted by Crippen LogP contribution is -2.40. The van der Waals surface area contributed by atoms with Crippen LogP contribution >= 0.6 is 0 Å². The van der Waals surface area contributed by atoms with E-state index in [1.807, 2.05) is 6.92 Å². The van der Waals surface area contributed by atoms with Crippen LogP contribution < -0.4 is 4.90 Å². The Morgan fingerprint density at radius 3 is 3.45 bits per heavy atom. The van der Waals surface area contributed by atoms with Crippen LogP contribution in [0, 0.1) is 6.20 Å². The van der Waals surface area contributed by atoms with E-state index in [0.717, 1.165) is 11.4 Å². The molecule has 0 fully saturated rings. The smallest absolute Gasteiger partial charge is 0.183 e. The van der Waals surface area contributed by atoms with Crippen LogP contribution in [0.3, 0.4) is 0 Å². The zero-order valence-corrected chi connectivity index (χ0v) is 6.08. The Morgan fingerprint density at radius 2 is 2.64 bits per heavy atom. The highest BCUT2D eigenvalue weighted by molar-refractivity contribution is 6.02. The molecule has 2 rings (SSSR count). The molecule has 0 spiro atoms. The highest BCUT2D eigenvalue weighted by Crippen LogP contribution is 2.14. The lowest BCUT2D eigenvalue weighted by atomic mass is 10.2. The fraction of sp³-hybridized carbons (Fsp3) is 0.286. The molecule has 0 amide bonds. The van der Waals surface area contributed by atoms with E-state index in [1.165, 1.54) is 6.20 Å². The number of fused-ring (bicyclic) bond motifs is 1. The highest BCUT2D eigenvalue weighted by atomic mass is 19.2. The second-order valence-electron chi connectivity index (χ2n) is 2.52. The second-order valence-corrected chi connectivity index (χ2v) is 2.52. The van der Waals surface area contributed by atoms with Gasteiger partial charge in [-0.2, -0.15) is 10.1 Å². The third-order valence-electron chi connectivity index (χ3n) is 1.63. The summed E-state index contributed by atoms with van der Waals surface area (Å²) in [6.07, 6.45) is 5.73. The molecule has 56 valence electrons. The van der Waals surface area contributed by atoms with Crippen LogP contribution in [0.4, 0.5) is 4.48 Å². The third kappa shape index (κ3) is 0.952. The molecule has 2 radical (unpaired) electrons. The van der Waals surface area contributed by atoms with Crippen LogP contribution in [0.5, 0.6) is 0 Å². The standard InChI is InChI=1S/C7H7FN3/c1-6-4-11(8)5-10-3-2-9-7(6)10/h3-4H,5H2,1H3/q+1. The number of hydrogen-bond donors (Lipinski definition) is 0. The summed E-state index contributed by atoms with van der Waals surface area (Å²) >= 11 is 0. The monoisotopic (exact) mass is 152 g/mol. The number of nitrogens with zero attached hydrogens (tertiary/aromatic N) is 3. The summed E-state index contributed by atoms with van der Waals surface area (Å²) in [4.78, 5) is 5.65. The fourth-order valence-electron chi connectivity index (χ4n) is 1.16. The lowest BCUT2D eigenvalue weighted by molar-refractivity contribution is 0.0696. The maximum Gasteiger partial charge on any atom is 0.288 e. The van der Waals surface area contributed by atoms with E-state index in [-0.39, 0.29) is 6.67 Å². The molecule has 2 aliphatic rings. The van der Waals surface area contributed by atoms with Crippen molar-refractivity contribution in [3.63, 3.8) is 0 Å². The van der Waals surface area contributed by atoms with Gasteiger partial charge < -0.3 is 0 Å². The molecule has 0 saturated carbocycles. The first-order valence-corrected chi connectivity index (χ1v) is 3.32. The van der Waals surface area contributed by atoms with Crippen LogP contribution in [-0.4, -0.2) is 17.6 Å². The van der Waals surface area contributed by atoms with E-state index >= 15 is 0 Å². The van der Waals surface area contributed by atoms with Crippen molar-refractivity contribution in [2.45, 2.75) is 6.92 Å². The molecule has 4 heteroatoms. The Balaban J connectivity index is 2.34. The molecule has 0 bridgehead atoms. The topological polar surface area (TPSA) is 21.5 Å². The minimum absolute atomic E-state index is 0.211. The van der Waals surface area contributed by atoms with Crippen molar-refractivity contribution in [1.29, 1.82) is 0 Å². The number of halogens is 1. The summed E-state index contributed by atoms with van der Waals surface area (Å²) in [7, 11) is 0. The molecule has 0 N–H and O–H groups in total. The molecular weight excluding hydrogens is 145 g/mol. The van der Waals surface area contributed by atoms with Crippen molar-refractivity contribution in [2.75, 3.05) is 6.67 Å². The van der Waals surface area contributed by atoms with E-state index < -0.39 is 0 Å². The Kier molecular flexibility index (Phi) is 1.29. The van der Waals surface area contributed by atoms with Gasteiger partial charge in [-0.05, 0) is 6.92 Å². The molecule has 0 aromatic carbocycles. The third-order valence-corrected chi connectivity index (χ3v) is 1.63. The molecular formula is C7H7FN3+. The number of hydrogen-bond acceptors (Lipinski definition) is 3. The first-order valence-electron chi connectivity index (χ1n) is 3.32. The number of rotatable bonds is 0. The van der Waals surface area contributed by atoms with Crippen molar-refractivity contribution in [3.8, 4) is 0 Å². The van der Waals surface area contributed by atoms with Gasteiger partial charge in [-0.1, -0.05) is 9.38 Å². The Hall–Kier alpha value is -1.16. The second kappa shape index (κ2) is 2.17. The SMILES string of the molecule is CC1=CN(F)C[N+]2C=[C]N=C12. The van der Waals surface area contributed by atoms with Gasteiger partial charge in [-0.15, -0.1) is 0 Å². The van der Waals surface area contributed by atoms with Gasteiger partial charge in [0.15, 0.2) is 12.4 Å². The fourth-order valence-corrected chi connectivity index (χ4v) is 1.16. The summed E-state index contributed by atoms with van der Waals surface area (Å²) in [5, 5.41) is 0.623. The summed E-state index contributed by atoms with van der Waals surface area (Å²) < 4.78 is 12.7. The van der Waals surface area contributed by atoms with E-state index in [9.17, 15) is 4.48 Å². The van der Waals surface area contributed by atoms with Crippen molar-refractivity contribution in [2.24, 2.45) is 4.99 Å². The van der Waals surface area contributed by atoms with Gasteiger partial charge in [0.2, 0.25) is 6.67 Å². The lowest BCUT2D eigenvalue weighted by Gasteiger charge is -2.15. The van der Waals surface area contributed by atoms with E-state index in [4.69, 9.17) is 0 Å². The molecule has 0 aromatic heterocycles. The molecule has 0 aromatic rings. The van der Waals surface area contributed by atoms with Crippen LogP contribution in [0.2, 0.25) is 0 Å². The van der Waals surface area contributed by atoms with Gasteiger partial charge in [0.05, 0.1) is 5.57 Å². The van der Waals surface area contributed by atoms with E-state index in [1.54, 1.807) is 11.1 Å². The molecule has 3 nitrogen and oxygen atoms in total. The van der Waals surface area contributed by atoms with Crippen LogP contribution in [0.25, 0.3) is 0 Å². The number of aliphatic imine (C=N–C) groups is 1. The highest BCUT2D eigenvalue weighted by Gasteiger charge is 2.33. The molecule has 0 saturated heterocycles. The molecule has 11 heavy (non-hydrogen) atoms. The van der Waals surface area contributed by atoms with Crippen LogP contribution in [0.15, 0.2) is 23.0 Å². The predicted octanol–water partition coefficient (Wildman–Crippen LogP) is 0.874. The van der Waals surface area contributed by atoms with E-state index in [0.29, 0.717) is 5.12 Å². The molecule has 2 heterocycles. The Labute approximate surface area is 64.1 Å². The van der Waals surface area contributed by atoms with Crippen molar-refractivity contribution < 1.29 is 4.48 Å². The van der Waals surface area contributed by atoms with Gasteiger partial charge >= 0.3 is 0 Å². The summed E-state index contributed by atoms with van der Waals surface area (Å²) in [5.41, 5.74) is 0.819. The van der Waals surface area contributed by atoms with Crippen LogP contribution in [0.1, 0.15) is 6.92 Å². The minimum Gasteiger partial charge on any atom is -0.183 e. The number of amidine groups is 1. The zero-order chi connectivity index (χ0) is 7.84.